The molecule has 0 aliphatic carbocycles. The van der Waals surface area contributed by atoms with Crippen LogP contribution in [0, 0.1) is 0 Å². The van der Waals surface area contributed by atoms with Crippen LogP contribution in [0.2, 0.25) is 5.02 Å². The van der Waals surface area contributed by atoms with Crippen molar-refractivity contribution in [3.05, 3.63) is 29.3 Å². The summed E-state index contributed by atoms with van der Waals surface area (Å²) in [6.07, 6.45) is 0.357. The number of carbonyl (C=O) groups excluding carboxylic acids is 4. The first-order valence-electron chi connectivity index (χ1n) is 8.90. The van der Waals surface area contributed by atoms with E-state index in [1.807, 2.05) is 6.92 Å². The third kappa shape index (κ3) is 11.0. The number of hydrogen-bond donors (Lipinski definition) is 4. The quantitative estimate of drug-likeness (QED) is 0.261. The van der Waals surface area contributed by atoms with E-state index in [1.54, 1.807) is 24.3 Å². The van der Waals surface area contributed by atoms with Crippen molar-refractivity contribution >= 4 is 58.3 Å². The molecule has 0 saturated heterocycles. The Bertz CT molecular complexity index is 760. The molecule has 3 amide bonds. The van der Waals surface area contributed by atoms with E-state index in [-0.39, 0.29) is 36.7 Å². The first-order chi connectivity index (χ1) is 13.8. The van der Waals surface area contributed by atoms with Crippen LogP contribution in [0.5, 0.6) is 0 Å². The zero-order valence-electron chi connectivity index (χ0n) is 15.9. The number of halogens is 1. The molecule has 158 valence electrons. The number of para-hydroxylation sites is 1. The predicted octanol–water partition coefficient (Wildman–Crippen LogP) is 1.81. The van der Waals surface area contributed by atoms with Crippen molar-refractivity contribution in [2.75, 3.05) is 11.9 Å². The van der Waals surface area contributed by atoms with Gasteiger partial charge in [-0.05, 0) is 30.8 Å². The lowest BCUT2D eigenvalue weighted by Gasteiger charge is -2.11. The second-order valence-corrected chi connectivity index (χ2v) is 6.61. The predicted molar refractivity (Wildman–Crippen MR) is 112 cm³/mol. The standard InChI is InChI=1S/C18H23ClN4O5S/c1-2-11-28-17(27)10-9-15(25)21-18(29)23-22-16(26)8-7-14(24)20-13-6-4-3-5-12(13)19/h3-6H,2,7-11H2,1H3,(H,20,24)(H,22,26)(H2,21,23,25,29). The van der Waals surface area contributed by atoms with E-state index in [1.165, 1.54) is 0 Å². The highest BCUT2D eigenvalue weighted by Gasteiger charge is 2.11. The van der Waals surface area contributed by atoms with Crippen molar-refractivity contribution in [3.63, 3.8) is 0 Å². The van der Waals surface area contributed by atoms with E-state index in [0.29, 0.717) is 23.7 Å². The number of hydrazine groups is 1. The Morgan fingerprint density at radius 2 is 1.62 bits per heavy atom. The number of thiocarbonyl (C=S) groups is 1. The second kappa shape index (κ2) is 13.5. The van der Waals surface area contributed by atoms with E-state index in [9.17, 15) is 19.2 Å². The van der Waals surface area contributed by atoms with Gasteiger partial charge in [-0.1, -0.05) is 30.7 Å². The van der Waals surface area contributed by atoms with Crippen LogP contribution in [0.4, 0.5) is 5.69 Å². The number of rotatable bonds is 9. The van der Waals surface area contributed by atoms with E-state index in [2.05, 4.69) is 21.5 Å². The Balaban J connectivity index is 2.20. The minimum atomic E-state index is -0.501. The molecule has 1 aromatic rings. The molecule has 0 bridgehead atoms. The van der Waals surface area contributed by atoms with Crippen LogP contribution in [0.3, 0.4) is 0 Å². The molecule has 0 aliphatic rings. The fourth-order valence-electron chi connectivity index (χ4n) is 1.92. The maximum atomic E-state index is 11.9. The van der Waals surface area contributed by atoms with Crippen LogP contribution in [-0.4, -0.2) is 35.4 Å². The summed E-state index contributed by atoms with van der Waals surface area (Å²) in [7, 11) is 0. The molecular weight excluding hydrogens is 420 g/mol. The molecule has 0 radical (unpaired) electrons. The lowest BCUT2D eigenvalue weighted by Crippen LogP contribution is -2.48. The first kappa shape index (κ1) is 24.3. The number of anilines is 1. The molecule has 1 aromatic carbocycles. The lowest BCUT2D eigenvalue weighted by atomic mass is 10.2. The highest BCUT2D eigenvalue weighted by Crippen LogP contribution is 2.20. The number of amides is 3. The van der Waals surface area contributed by atoms with E-state index in [4.69, 9.17) is 28.6 Å². The largest absolute Gasteiger partial charge is 0.466 e. The average Bonchev–Trinajstić information content (AvgIpc) is 2.69. The van der Waals surface area contributed by atoms with Gasteiger partial charge in [-0.3, -0.25) is 30.0 Å². The van der Waals surface area contributed by atoms with Gasteiger partial charge in [-0.2, -0.15) is 0 Å². The van der Waals surface area contributed by atoms with Crippen molar-refractivity contribution in [1.29, 1.82) is 0 Å². The Morgan fingerprint density at radius 3 is 2.31 bits per heavy atom. The van der Waals surface area contributed by atoms with Gasteiger partial charge in [0.05, 0.1) is 23.7 Å². The molecule has 0 aliphatic heterocycles. The SMILES string of the molecule is CCCOC(=O)CCC(=O)NC(=S)NNC(=O)CCC(=O)Nc1ccccc1Cl. The van der Waals surface area contributed by atoms with Crippen molar-refractivity contribution in [1.82, 2.24) is 16.2 Å². The Hall–Kier alpha value is -2.72. The molecular formula is C18H23ClN4O5S. The third-order valence-electron chi connectivity index (χ3n) is 3.32. The van der Waals surface area contributed by atoms with Crippen LogP contribution >= 0.6 is 23.8 Å². The maximum absolute atomic E-state index is 11.9. The Morgan fingerprint density at radius 1 is 0.966 bits per heavy atom. The molecule has 0 saturated carbocycles. The molecule has 0 fully saturated rings. The van der Waals surface area contributed by atoms with Crippen LogP contribution in [-0.2, 0) is 23.9 Å². The van der Waals surface area contributed by atoms with Gasteiger partial charge >= 0.3 is 5.97 Å². The van der Waals surface area contributed by atoms with Gasteiger partial charge in [0.25, 0.3) is 0 Å². The summed E-state index contributed by atoms with van der Waals surface area (Å²) < 4.78 is 4.85. The molecule has 11 heteroatoms. The number of carbonyl (C=O) groups is 4. The summed E-state index contributed by atoms with van der Waals surface area (Å²) in [4.78, 5) is 46.6. The first-order valence-corrected chi connectivity index (χ1v) is 9.69. The number of nitrogens with one attached hydrogen (secondary N) is 4. The molecule has 29 heavy (non-hydrogen) atoms. The van der Waals surface area contributed by atoms with E-state index >= 15 is 0 Å². The minimum Gasteiger partial charge on any atom is -0.466 e. The van der Waals surface area contributed by atoms with Crippen LogP contribution < -0.4 is 21.5 Å². The lowest BCUT2D eigenvalue weighted by molar-refractivity contribution is -0.144. The number of benzene rings is 1. The second-order valence-electron chi connectivity index (χ2n) is 5.80. The summed E-state index contributed by atoms with van der Waals surface area (Å²) in [6.45, 7) is 2.17. The average molecular weight is 443 g/mol. The molecule has 1 rings (SSSR count). The van der Waals surface area contributed by atoms with Gasteiger partial charge in [0, 0.05) is 19.3 Å². The molecule has 0 atom stereocenters. The Kier molecular flexibility index (Phi) is 11.3. The molecule has 0 spiro atoms. The van der Waals surface area contributed by atoms with Crippen molar-refractivity contribution in [3.8, 4) is 0 Å². The maximum Gasteiger partial charge on any atom is 0.306 e. The van der Waals surface area contributed by atoms with E-state index < -0.39 is 17.8 Å². The normalized spacial score (nSPS) is 9.86. The van der Waals surface area contributed by atoms with Gasteiger partial charge < -0.3 is 15.4 Å². The van der Waals surface area contributed by atoms with Crippen molar-refractivity contribution in [2.24, 2.45) is 0 Å². The molecule has 9 nitrogen and oxygen atoms in total. The highest BCUT2D eigenvalue weighted by molar-refractivity contribution is 7.80. The van der Waals surface area contributed by atoms with Gasteiger partial charge in [0.2, 0.25) is 17.7 Å². The van der Waals surface area contributed by atoms with Gasteiger partial charge in [0.1, 0.15) is 0 Å². The van der Waals surface area contributed by atoms with Crippen molar-refractivity contribution < 1.29 is 23.9 Å². The van der Waals surface area contributed by atoms with Crippen molar-refractivity contribution in [2.45, 2.75) is 39.0 Å². The molecule has 0 heterocycles. The summed E-state index contributed by atoms with van der Waals surface area (Å²) in [5.74, 6) is -1.84. The monoisotopic (exact) mass is 442 g/mol. The number of hydrogen-bond acceptors (Lipinski definition) is 6. The van der Waals surface area contributed by atoms with Gasteiger partial charge in [0.15, 0.2) is 5.11 Å². The molecule has 0 aromatic heterocycles. The summed E-state index contributed by atoms with van der Waals surface area (Å²) in [6, 6.07) is 6.74. The fraction of sp³-hybridized carbons (Fsp3) is 0.389. The van der Waals surface area contributed by atoms with Crippen LogP contribution in [0.1, 0.15) is 39.0 Å². The smallest absolute Gasteiger partial charge is 0.306 e. The third-order valence-corrected chi connectivity index (χ3v) is 3.85. The Labute approximate surface area is 178 Å². The summed E-state index contributed by atoms with van der Waals surface area (Å²) in [5.41, 5.74) is 5.08. The van der Waals surface area contributed by atoms with Crippen LogP contribution in [0.15, 0.2) is 24.3 Å². The highest BCUT2D eigenvalue weighted by atomic mass is 35.5. The van der Waals surface area contributed by atoms with Crippen LogP contribution in [0.25, 0.3) is 0 Å². The molecule has 4 N–H and O–H groups in total. The number of ether oxygens (including phenoxy) is 1. The van der Waals surface area contributed by atoms with E-state index in [0.717, 1.165) is 0 Å². The minimum absolute atomic E-state index is 0.0681. The zero-order chi connectivity index (χ0) is 21.6. The van der Waals surface area contributed by atoms with Gasteiger partial charge in [-0.25, -0.2) is 0 Å². The van der Waals surface area contributed by atoms with Gasteiger partial charge in [-0.15, -0.1) is 0 Å². The zero-order valence-corrected chi connectivity index (χ0v) is 17.5. The summed E-state index contributed by atoms with van der Waals surface area (Å²) in [5, 5.41) is 5.18. The summed E-state index contributed by atoms with van der Waals surface area (Å²) >= 11 is 10.8. The fourth-order valence-corrected chi connectivity index (χ4v) is 2.26. The molecule has 0 unspecified atom stereocenters. The topological polar surface area (TPSA) is 126 Å². The number of esters is 1.